The van der Waals surface area contributed by atoms with Crippen LogP contribution in [-0.2, 0) is 0 Å². The van der Waals surface area contributed by atoms with Gasteiger partial charge in [0.05, 0.1) is 5.52 Å². The maximum absolute atomic E-state index is 13.4. The zero-order chi connectivity index (χ0) is 25.5. The number of amides is 1. The fourth-order valence-electron chi connectivity index (χ4n) is 4.87. The van der Waals surface area contributed by atoms with Crippen LogP contribution in [0.2, 0.25) is 5.02 Å². The zero-order valence-corrected chi connectivity index (χ0v) is 21.0. The molecule has 1 saturated heterocycles. The Bertz CT molecular complexity index is 1630. The molecule has 6 rings (SSSR count). The van der Waals surface area contributed by atoms with Crippen LogP contribution >= 0.6 is 11.6 Å². The molecular formula is C28H24ClFN6O. The minimum Gasteiger partial charge on any atom is -0.340 e. The van der Waals surface area contributed by atoms with Crippen molar-refractivity contribution in [2.24, 2.45) is 0 Å². The van der Waals surface area contributed by atoms with Crippen molar-refractivity contribution in [3.05, 3.63) is 88.7 Å². The molecule has 1 amide bonds. The summed E-state index contributed by atoms with van der Waals surface area (Å²) in [4.78, 5) is 22.1. The van der Waals surface area contributed by atoms with E-state index in [1.165, 1.54) is 24.3 Å². The molecule has 0 radical (unpaired) electrons. The van der Waals surface area contributed by atoms with Gasteiger partial charge in [-0.25, -0.2) is 13.8 Å². The Morgan fingerprint density at radius 1 is 0.946 bits per heavy atom. The minimum absolute atomic E-state index is 0.102. The van der Waals surface area contributed by atoms with E-state index in [0.29, 0.717) is 54.2 Å². The van der Waals surface area contributed by atoms with E-state index in [1.807, 2.05) is 52.6 Å². The van der Waals surface area contributed by atoms with Crippen molar-refractivity contribution >= 4 is 40.0 Å². The van der Waals surface area contributed by atoms with Crippen molar-refractivity contribution < 1.29 is 9.18 Å². The Morgan fingerprint density at radius 3 is 2.59 bits per heavy atom. The molecule has 0 saturated carbocycles. The van der Waals surface area contributed by atoms with Gasteiger partial charge in [0.1, 0.15) is 5.82 Å². The minimum atomic E-state index is -0.358. The first-order chi connectivity index (χ1) is 18.0. The lowest BCUT2D eigenvalue weighted by molar-refractivity contribution is 0.0767. The van der Waals surface area contributed by atoms with Gasteiger partial charge >= 0.3 is 0 Å². The molecular weight excluding hydrogens is 491 g/mol. The summed E-state index contributed by atoms with van der Waals surface area (Å²) in [5, 5.41) is 10.6. The first kappa shape index (κ1) is 23.4. The average Bonchev–Trinajstić information content (AvgIpc) is 3.19. The molecule has 0 aliphatic carbocycles. The van der Waals surface area contributed by atoms with E-state index in [-0.39, 0.29) is 11.7 Å². The van der Waals surface area contributed by atoms with Crippen LogP contribution in [0.3, 0.4) is 0 Å². The maximum Gasteiger partial charge on any atom is 0.253 e. The molecule has 1 fully saturated rings. The number of carbonyl (C=O) groups is 1. The Morgan fingerprint density at radius 2 is 1.78 bits per heavy atom. The van der Waals surface area contributed by atoms with Gasteiger partial charge in [-0.05, 0) is 61.9 Å². The summed E-state index contributed by atoms with van der Waals surface area (Å²) in [7, 11) is 0. The fraction of sp³-hybridized carbons (Fsp3) is 0.214. The predicted molar refractivity (Wildman–Crippen MR) is 143 cm³/mol. The van der Waals surface area contributed by atoms with Crippen LogP contribution in [0.1, 0.15) is 22.3 Å². The first-order valence-corrected chi connectivity index (χ1v) is 12.6. The van der Waals surface area contributed by atoms with Gasteiger partial charge in [0.2, 0.25) is 5.95 Å². The van der Waals surface area contributed by atoms with Crippen molar-refractivity contribution in [1.82, 2.24) is 24.5 Å². The van der Waals surface area contributed by atoms with Crippen molar-refractivity contribution in [2.45, 2.75) is 13.3 Å². The molecule has 1 aliphatic rings. The van der Waals surface area contributed by atoms with Crippen LogP contribution in [0.5, 0.6) is 0 Å². The maximum atomic E-state index is 13.4. The lowest BCUT2D eigenvalue weighted by Crippen LogP contribution is -2.36. The van der Waals surface area contributed by atoms with Crippen molar-refractivity contribution in [1.29, 1.82) is 0 Å². The third-order valence-corrected chi connectivity index (χ3v) is 6.95. The Balaban J connectivity index is 1.41. The summed E-state index contributed by atoms with van der Waals surface area (Å²) in [5.41, 5.74) is 4.00. The number of benzene rings is 3. The number of nitrogens with zero attached hydrogens (tertiary/aromatic N) is 6. The van der Waals surface area contributed by atoms with E-state index in [0.717, 1.165) is 28.5 Å². The number of anilines is 1. The zero-order valence-electron chi connectivity index (χ0n) is 20.2. The highest BCUT2D eigenvalue weighted by Gasteiger charge is 2.25. The van der Waals surface area contributed by atoms with Crippen LogP contribution in [-0.4, -0.2) is 56.6 Å². The SMILES string of the molecule is Cc1cccc(-c2nnc3c4ccc(Cl)cc4nc(N4CCCN(C(=O)c5ccc(F)cc5)CC4)n23)c1. The fourth-order valence-corrected chi connectivity index (χ4v) is 5.04. The number of rotatable bonds is 3. The second-order valence-electron chi connectivity index (χ2n) is 9.27. The predicted octanol–water partition coefficient (Wildman–Crippen LogP) is 5.40. The van der Waals surface area contributed by atoms with Gasteiger partial charge in [0.25, 0.3) is 5.91 Å². The molecule has 5 aromatic rings. The third-order valence-electron chi connectivity index (χ3n) is 6.72. The highest BCUT2D eigenvalue weighted by atomic mass is 35.5. The molecule has 0 atom stereocenters. The highest BCUT2D eigenvalue weighted by Crippen LogP contribution is 2.30. The van der Waals surface area contributed by atoms with Gasteiger partial charge in [-0.2, -0.15) is 0 Å². The molecule has 0 unspecified atom stereocenters. The summed E-state index contributed by atoms with van der Waals surface area (Å²) in [6.45, 7) is 4.43. The molecule has 186 valence electrons. The Hall–Kier alpha value is -4.04. The lowest BCUT2D eigenvalue weighted by atomic mass is 10.1. The van der Waals surface area contributed by atoms with Gasteiger partial charge in [-0.1, -0.05) is 35.4 Å². The van der Waals surface area contributed by atoms with Gasteiger partial charge in [-0.15, -0.1) is 10.2 Å². The summed E-state index contributed by atoms with van der Waals surface area (Å²) < 4.78 is 15.4. The smallest absolute Gasteiger partial charge is 0.253 e. The van der Waals surface area contributed by atoms with E-state index in [9.17, 15) is 9.18 Å². The van der Waals surface area contributed by atoms with E-state index in [4.69, 9.17) is 16.6 Å². The van der Waals surface area contributed by atoms with Crippen LogP contribution in [0.25, 0.3) is 27.9 Å². The Labute approximate surface area is 218 Å². The van der Waals surface area contributed by atoms with Crippen LogP contribution < -0.4 is 4.90 Å². The second kappa shape index (κ2) is 9.44. The molecule has 0 bridgehead atoms. The van der Waals surface area contributed by atoms with E-state index >= 15 is 0 Å². The molecule has 1 aliphatic heterocycles. The summed E-state index contributed by atoms with van der Waals surface area (Å²) in [5.74, 6) is 0.960. The number of fused-ring (bicyclic) bond motifs is 3. The largest absolute Gasteiger partial charge is 0.340 e. The van der Waals surface area contributed by atoms with Gasteiger partial charge in [0.15, 0.2) is 11.5 Å². The molecule has 3 heterocycles. The molecule has 2 aromatic heterocycles. The summed E-state index contributed by atoms with van der Waals surface area (Å²) in [6.07, 6.45) is 0.756. The van der Waals surface area contributed by atoms with E-state index < -0.39 is 0 Å². The summed E-state index contributed by atoms with van der Waals surface area (Å²) in [6, 6.07) is 19.4. The number of aryl methyl sites for hydroxylation is 1. The second-order valence-corrected chi connectivity index (χ2v) is 9.70. The quantitative estimate of drug-likeness (QED) is 0.322. The highest BCUT2D eigenvalue weighted by molar-refractivity contribution is 6.31. The number of hydrogen-bond donors (Lipinski definition) is 0. The van der Waals surface area contributed by atoms with Crippen molar-refractivity contribution in [2.75, 3.05) is 31.1 Å². The molecule has 0 spiro atoms. The van der Waals surface area contributed by atoms with E-state index in [2.05, 4.69) is 21.2 Å². The number of aromatic nitrogens is 4. The monoisotopic (exact) mass is 514 g/mol. The third kappa shape index (κ3) is 4.38. The standard InChI is InChI=1S/C28H24ClFN6O/c1-18-4-2-5-20(16-18)25-32-33-26-23-11-8-21(29)17-24(23)31-28(36(25)26)35-13-3-12-34(14-15-35)27(37)19-6-9-22(30)10-7-19/h2,4-11,16-17H,3,12-15H2,1H3. The van der Waals surface area contributed by atoms with Crippen molar-refractivity contribution in [3.8, 4) is 11.4 Å². The molecule has 3 aromatic carbocycles. The normalized spacial score (nSPS) is 14.4. The molecule has 7 nitrogen and oxygen atoms in total. The topological polar surface area (TPSA) is 66.6 Å². The number of carbonyl (C=O) groups excluding carboxylic acids is 1. The molecule has 9 heteroatoms. The van der Waals surface area contributed by atoms with Crippen LogP contribution in [0.4, 0.5) is 10.3 Å². The van der Waals surface area contributed by atoms with Gasteiger partial charge in [0, 0.05) is 47.7 Å². The summed E-state index contributed by atoms with van der Waals surface area (Å²) >= 11 is 6.31. The molecule has 37 heavy (non-hydrogen) atoms. The average molecular weight is 515 g/mol. The van der Waals surface area contributed by atoms with E-state index in [1.54, 1.807) is 0 Å². The number of halogens is 2. The number of hydrogen-bond acceptors (Lipinski definition) is 5. The van der Waals surface area contributed by atoms with Crippen LogP contribution in [0, 0.1) is 12.7 Å². The lowest BCUT2D eigenvalue weighted by Gasteiger charge is -2.24. The van der Waals surface area contributed by atoms with Crippen molar-refractivity contribution in [3.63, 3.8) is 0 Å². The Kier molecular flexibility index (Phi) is 5.96. The van der Waals surface area contributed by atoms with Gasteiger partial charge in [-0.3, -0.25) is 4.79 Å². The van der Waals surface area contributed by atoms with Gasteiger partial charge < -0.3 is 9.80 Å². The first-order valence-electron chi connectivity index (χ1n) is 12.2. The molecule has 0 N–H and O–H groups in total. The van der Waals surface area contributed by atoms with Crippen LogP contribution in [0.15, 0.2) is 66.7 Å².